The number of carbonyl (C=O) groups excluding carboxylic acids is 1. The maximum Gasteiger partial charge on any atom is 0.410 e. The van der Waals surface area contributed by atoms with Crippen LogP contribution in [0.15, 0.2) is 60.0 Å². The zero-order valence-corrected chi connectivity index (χ0v) is 17.9. The number of carbonyl (C=O) groups is 1. The van der Waals surface area contributed by atoms with Crippen LogP contribution in [-0.4, -0.2) is 28.1 Å². The Kier molecular flexibility index (Phi) is 5.41. The molecule has 0 saturated carbocycles. The molecule has 2 aromatic carbocycles. The minimum absolute atomic E-state index is 0.00696. The van der Waals surface area contributed by atoms with Gasteiger partial charge >= 0.3 is 6.09 Å². The number of benzene rings is 2. The monoisotopic (exact) mass is 406 g/mol. The number of amides is 1. The first-order valence-electron chi connectivity index (χ1n) is 10.0. The van der Waals surface area contributed by atoms with Crippen LogP contribution in [0.5, 0.6) is 0 Å². The second-order valence-electron chi connectivity index (χ2n) is 8.31. The zero-order chi connectivity index (χ0) is 20.4. The van der Waals surface area contributed by atoms with Crippen molar-refractivity contribution >= 4 is 17.4 Å². The van der Waals surface area contributed by atoms with Crippen LogP contribution in [0.4, 0.5) is 4.79 Å². The van der Waals surface area contributed by atoms with Crippen molar-refractivity contribution in [3.8, 4) is 22.4 Å². The van der Waals surface area contributed by atoms with Crippen molar-refractivity contribution < 1.29 is 9.53 Å². The van der Waals surface area contributed by atoms with Crippen molar-refractivity contribution in [2.24, 2.45) is 0 Å². The van der Waals surface area contributed by atoms with Crippen LogP contribution in [0.2, 0.25) is 0 Å². The van der Waals surface area contributed by atoms with Crippen molar-refractivity contribution in [3.63, 3.8) is 0 Å². The highest BCUT2D eigenvalue weighted by atomic mass is 32.1. The van der Waals surface area contributed by atoms with Crippen LogP contribution in [0.25, 0.3) is 22.4 Å². The van der Waals surface area contributed by atoms with Gasteiger partial charge in [-0.2, -0.15) is 0 Å². The van der Waals surface area contributed by atoms with Gasteiger partial charge in [0.05, 0.1) is 11.7 Å². The molecular weight excluding hydrogens is 380 g/mol. The second-order valence-corrected chi connectivity index (χ2v) is 9.20. The summed E-state index contributed by atoms with van der Waals surface area (Å²) in [6.07, 6.45) is 1.65. The molecule has 4 rings (SSSR count). The molecule has 150 valence electrons. The van der Waals surface area contributed by atoms with Crippen molar-refractivity contribution in [1.82, 2.24) is 9.88 Å². The highest BCUT2D eigenvalue weighted by Gasteiger charge is 2.35. The fourth-order valence-corrected chi connectivity index (χ4v) is 4.67. The molecule has 29 heavy (non-hydrogen) atoms. The Morgan fingerprint density at radius 1 is 1.07 bits per heavy atom. The standard InChI is InChI=1S/C24H26N2O2S/c1-24(2,3)28-23(27)26-15-9-14-21(26)22-25-20(16-29-22)19-13-8-7-12-18(19)17-10-5-4-6-11-17/h4-8,10-13,16,21H,9,14-15H2,1-3H3/t21-/m0/s1. The maximum atomic E-state index is 12.6. The molecule has 1 saturated heterocycles. The van der Waals surface area contributed by atoms with E-state index in [9.17, 15) is 4.79 Å². The summed E-state index contributed by atoms with van der Waals surface area (Å²) in [6.45, 7) is 6.42. The van der Waals surface area contributed by atoms with E-state index in [1.807, 2.05) is 37.8 Å². The first-order chi connectivity index (χ1) is 13.9. The third kappa shape index (κ3) is 4.35. The van der Waals surface area contributed by atoms with Crippen LogP contribution < -0.4 is 0 Å². The normalized spacial score (nSPS) is 16.8. The zero-order valence-electron chi connectivity index (χ0n) is 17.1. The molecule has 1 fully saturated rings. The molecule has 2 heterocycles. The van der Waals surface area contributed by atoms with Crippen molar-refractivity contribution in [1.29, 1.82) is 0 Å². The summed E-state index contributed by atoms with van der Waals surface area (Å²) in [7, 11) is 0. The molecule has 5 heteroatoms. The van der Waals surface area contributed by atoms with E-state index in [2.05, 4.69) is 47.8 Å². The minimum Gasteiger partial charge on any atom is -0.444 e. The van der Waals surface area contributed by atoms with E-state index in [-0.39, 0.29) is 12.1 Å². The molecular formula is C24H26N2O2S. The third-order valence-electron chi connectivity index (χ3n) is 4.98. The van der Waals surface area contributed by atoms with Gasteiger partial charge in [-0.15, -0.1) is 11.3 Å². The van der Waals surface area contributed by atoms with Gasteiger partial charge in [-0.1, -0.05) is 54.6 Å². The van der Waals surface area contributed by atoms with E-state index in [1.54, 1.807) is 11.3 Å². The van der Waals surface area contributed by atoms with Gasteiger partial charge in [-0.3, -0.25) is 4.90 Å². The molecule has 0 bridgehead atoms. The summed E-state index contributed by atoms with van der Waals surface area (Å²) in [5, 5.41) is 3.08. The Labute approximate surface area is 176 Å². The Balaban J connectivity index is 1.62. The lowest BCUT2D eigenvalue weighted by molar-refractivity contribution is 0.0224. The molecule has 0 aliphatic carbocycles. The number of ether oxygens (including phenoxy) is 1. The van der Waals surface area contributed by atoms with E-state index >= 15 is 0 Å². The third-order valence-corrected chi connectivity index (χ3v) is 5.92. The first-order valence-corrected chi connectivity index (χ1v) is 10.9. The quantitative estimate of drug-likeness (QED) is 0.495. The van der Waals surface area contributed by atoms with Crippen molar-refractivity contribution in [2.45, 2.75) is 45.3 Å². The molecule has 4 nitrogen and oxygen atoms in total. The summed E-state index contributed by atoms with van der Waals surface area (Å²) < 4.78 is 5.61. The van der Waals surface area contributed by atoms with Crippen LogP contribution in [0.1, 0.15) is 44.7 Å². The Hall–Kier alpha value is -2.66. The van der Waals surface area contributed by atoms with Crippen molar-refractivity contribution in [3.05, 3.63) is 65.0 Å². The van der Waals surface area contributed by atoms with Crippen LogP contribution in [0.3, 0.4) is 0 Å². The predicted octanol–water partition coefficient (Wildman–Crippen LogP) is 6.55. The Bertz CT molecular complexity index is 991. The summed E-state index contributed by atoms with van der Waals surface area (Å²) in [6, 6.07) is 18.7. The summed E-state index contributed by atoms with van der Waals surface area (Å²) in [5.74, 6) is 0. The average Bonchev–Trinajstić information content (AvgIpc) is 3.37. The molecule has 1 aliphatic heterocycles. The first kappa shape index (κ1) is 19.6. The maximum absolute atomic E-state index is 12.6. The molecule has 3 aromatic rings. The fraction of sp³-hybridized carbons (Fsp3) is 0.333. The number of likely N-dealkylation sites (tertiary alicyclic amines) is 1. The van der Waals surface area contributed by atoms with Crippen LogP contribution in [-0.2, 0) is 4.74 Å². The molecule has 1 aliphatic rings. The smallest absolute Gasteiger partial charge is 0.410 e. The molecule has 1 aromatic heterocycles. The molecule has 1 amide bonds. The lowest BCUT2D eigenvalue weighted by atomic mass is 9.98. The number of nitrogens with zero attached hydrogens (tertiary/aromatic N) is 2. The van der Waals surface area contributed by atoms with E-state index in [0.717, 1.165) is 35.7 Å². The topological polar surface area (TPSA) is 42.4 Å². The van der Waals surface area contributed by atoms with Gasteiger partial charge < -0.3 is 4.74 Å². The molecule has 0 N–H and O–H groups in total. The van der Waals surface area contributed by atoms with Gasteiger partial charge in [0.2, 0.25) is 0 Å². The van der Waals surface area contributed by atoms with Gasteiger partial charge in [0, 0.05) is 17.5 Å². The van der Waals surface area contributed by atoms with E-state index < -0.39 is 5.60 Å². The average molecular weight is 407 g/mol. The van der Waals surface area contributed by atoms with Gasteiger partial charge in [-0.25, -0.2) is 9.78 Å². The highest BCUT2D eigenvalue weighted by Crippen LogP contribution is 2.38. The van der Waals surface area contributed by atoms with Gasteiger partial charge in [0.1, 0.15) is 10.6 Å². The summed E-state index contributed by atoms with van der Waals surface area (Å²) >= 11 is 1.62. The van der Waals surface area contributed by atoms with Gasteiger partial charge in [-0.05, 0) is 44.7 Å². The lowest BCUT2D eigenvalue weighted by Gasteiger charge is -2.27. The van der Waals surface area contributed by atoms with Gasteiger partial charge in [0.25, 0.3) is 0 Å². The number of aromatic nitrogens is 1. The molecule has 1 atom stereocenters. The SMILES string of the molecule is CC(C)(C)OC(=O)N1CCC[C@H]1c1nc(-c2ccccc2-c2ccccc2)cs1. The van der Waals surface area contributed by atoms with Crippen LogP contribution >= 0.6 is 11.3 Å². The van der Waals surface area contributed by atoms with E-state index in [0.29, 0.717) is 0 Å². The predicted molar refractivity (Wildman–Crippen MR) is 118 cm³/mol. The molecule has 0 spiro atoms. The highest BCUT2D eigenvalue weighted by molar-refractivity contribution is 7.10. The number of rotatable bonds is 3. The van der Waals surface area contributed by atoms with Crippen molar-refractivity contribution in [2.75, 3.05) is 6.54 Å². The second kappa shape index (κ2) is 7.99. The van der Waals surface area contributed by atoms with Gasteiger partial charge in [0.15, 0.2) is 0 Å². The Morgan fingerprint density at radius 3 is 2.48 bits per heavy atom. The summed E-state index contributed by atoms with van der Waals surface area (Å²) in [5.41, 5.74) is 3.92. The van der Waals surface area contributed by atoms with E-state index in [1.165, 1.54) is 11.1 Å². The number of hydrogen-bond acceptors (Lipinski definition) is 4. The number of thiazole rings is 1. The minimum atomic E-state index is -0.493. The summed E-state index contributed by atoms with van der Waals surface area (Å²) in [4.78, 5) is 19.4. The largest absolute Gasteiger partial charge is 0.444 e. The molecule has 0 radical (unpaired) electrons. The van der Waals surface area contributed by atoms with E-state index in [4.69, 9.17) is 9.72 Å². The fourth-order valence-electron chi connectivity index (χ4n) is 3.70. The lowest BCUT2D eigenvalue weighted by Crippen LogP contribution is -2.36. The Morgan fingerprint density at radius 2 is 1.76 bits per heavy atom. The number of hydrogen-bond donors (Lipinski definition) is 0. The van der Waals surface area contributed by atoms with Crippen LogP contribution in [0, 0.1) is 0 Å². The molecule has 0 unspecified atom stereocenters.